The van der Waals surface area contributed by atoms with Crippen molar-refractivity contribution in [2.24, 2.45) is 5.73 Å². The number of aromatic nitrogens is 2. The van der Waals surface area contributed by atoms with Crippen LogP contribution in [-0.2, 0) is 25.6 Å². The van der Waals surface area contributed by atoms with Crippen LogP contribution in [-0.4, -0.2) is 86.9 Å². The summed E-state index contributed by atoms with van der Waals surface area (Å²) in [5, 5.41) is 13.8. The normalized spacial score (nSPS) is 17.9. The molecule has 1 aromatic heterocycles. The van der Waals surface area contributed by atoms with E-state index in [9.17, 15) is 19.2 Å². The van der Waals surface area contributed by atoms with E-state index in [0.29, 0.717) is 37.3 Å². The molecule has 166 valence electrons. The van der Waals surface area contributed by atoms with Crippen molar-refractivity contribution in [3.8, 4) is 0 Å². The van der Waals surface area contributed by atoms with Gasteiger partial charge in [-0.3, -0.25) is 19.2 Å². The van der Waals surface area contributed by atoms with Gasteiger partial charge in [-0.05, 0) is 31.3 Å². The number of rotatable bonds is 11. The molecule has 1 aliphatic heterocycles. The van der Waals surface area contributed by atoms with Gasteiger partial charge in [0.25, 0.3) is 0 Å². The van der Waals surface area contributed by atoms with E-state index in [1.165, 1.54) is 11.2 Å². The van der Waals surface area contributed by atoms with Crippen LogP contribution in [0.25, 0.3) is 0 Å². The molecule has 1 saturated heterocycles. The maximum absolute atomic E-state index is 13.2. The number of nitrogens with zero attached hydrogens (tertiary/aromatic N) is 2. The first-order chi connectivity index (χ1) is 14.3. The fraction of sp³-hybridized carbons (Fsp3) is 0.611. The molecule has 0 radical (unpaired) electrons. The minimum Gasteiger partial charge on any atom is -0.480 e. The number of amides is 3. The van der Waals surface area contributed by atoms with Crippen molar-refractivity contribution in [3.05, 3.63) is 18.2 Å². The highest BCUT2D eigenvalue weighted by molar-refractivity contribution is 7.98. The van der Waals surface area contributed by atoms with Crippen molar-refractivity contribution in [2.75, 3.05) is 25.1 Å². The second kappa shape index (κ2) is 11.6. The lowest BCUT2D eigenvalue weighted by molar-refractivity contribution is -0.142. The zero-order chi connectivity index (χ0) is 22.1. The molecule has 6 N–H and O–H groups in total. The lowest BCUT2D eigenvalue weighted by Crippen LogP contribution is -2.56. The van der Waals surface area contributed by atoms with Gasteiger partial charge >= 0.3 is 5.97 Å². The van der Waals surface area contributed by atoms with Crippen LogP contribution in [0.5, 0.6) is 0 Å². The Hall–Kier alpha value is -2.60. The Bertz CT molecular complexity index is 743. The molecule has 1 aromatic rings. The lowest BCUT2D eigenvalue weighted by atomic mass is 10.1. The Morgan fingerprint density at radius 3 is 2.83 bits per heavy atom. The van der Waals surface area contributed by atoms with Crippen LogP contribution in [0, 0.1) is 0 Å². The standard InChI is InChI=1S/C18H28N6O5S/c1-30-6-4-12(19)16(27)23-13(7-11-8-20-10-22-11)18(29)24-5-2-3-14(24)17(28)21-9-15(25)26/h8,10,12-14H,2-7,9,19H2,1H3,(H,20,22)(H,21,28)(H,23,27)(H,25,26). The fourth-order valence-corrected chi connectivity index (χ4v) is 3.74. The summed E-state index contributed by atoms with van der Waals surface area (Å²) >= 11 is 1.57. The van der Waals surface area contributed by atoms with Gasteiger partial charge in [-0.2, -0.15) is 11.8 Å². The molecule has 2 heterocycles. The average Bonchev–Trinajstić information content (AvgIpc) is 3.40. The number of thioether (sulfide) groups is 1. The molecule has 30 heavy (non-hydrogen) atoms. The Morgan fingerprint density at radius 1 is 1.43 bits per heavy atom. The van der Waals surface area contributed by atoms with Crippen molar-refractivity contribution in [1.82, 2.24) is 25.5 Å². The SMILES string of the molecule is CSCCC(N)C(=O)NC(Cc1cnc[nH]1)C(=O)N1CCCC1C(=O)NCC(=O)O. The van der Waals surface area contributed by atoms with E-state index in [1.807, 2.05) is 6.26 Å². The third kappa shape index (κ3) is 6.73. The molecule has 0 saturated carbocycles. The number of carbonyl (C=O) groups is 4. The summed E-state index contributed by atoms with van der Waals surface area (Å²) in [6.45, 7) is -0.173. The van der Waals surface area contributed by atoms with Gasteiger partial charge in [0.15, 0.2) is 0 Å². The van der Waals surface area contributed by atoms with E-state index >= 15 is 0 Å². The second-order valence-corrected chi connectivity index (χ2v) is 8.02. The van der Waals surface area contributed by atoms with Crippen molar-refractivity contribution in [3.63, 3.8) is 0 Å². The highest BCUT2D eigenvalue weighted by Gasteiger charge is 2.38. The van der Waals surface area contributed by atoms with Crippen molar-refractivity contribution in [1.29, 1.82) is 0 Å². The predicted octanol–water partition coefficient (Wildman–Crippen LogP) is -1.29. The second-order valence-electron chi connectivity index (χ2n) is 7.03. The smallest absolute Gasteiger partial charge is 0.322 e. The number of carboxylic acid groups (broad SMARTS) is 1. The quantitative estimate of drug-likeness (QED) is 0.283. The van der Waals surface area contributed by atoms with E-state index in [-0.39, 0.29) is 6.42 Å². The summed E-state index contributed by atoms with van der Waals surface area (Å²) < 4.78 is 0. The topological polar surface area (TPSA) is 171 Å². The number of hydrogen-bond acceptors (Lipinski definition) is 7. The third-order valence-electron chi connectivity index (χ3n) is 4.82. The van der Waals surface area contributed by atoms with Crippen molar-refractivity contribution in [2.45, 2.75) is 43.8 Å². The van der Waals surface area contributed by atoms with Gasteiger partial charge in [-0.1, -0.05) is 0 Å². The number of nitrogens with one attached hydrogen (secondary N) is 3. The molecule has 0 bridgehead atoms. The zero-order valence-electron chi connectivity index (χ0n) is 16.8. The Labute approximate surface area is 178 Å². The van der Waals surface area contributed by atoms with Crippen LogP contribution in [0.2, 0.25) is 0 Å². The number of nitrogens with two attached hydrogens (primary N) is 1. The van der Waals surface area contributed by atoms with Crippen molar-refractivity contribution < 1.29 is 24.3 Å². The molecule has 0 aromatic carbocycles. The van der Waals surface area contributed by atoms with Crippen LogP contribution in [0.15, 0.2) is 12.5 Å². The van der Waals surface area contributed by atoms with E-state index in [4.69, 9.17) is 10.8 Å². The largest absolute Gasteiger partial charge is 0.480 e. The summed E-state index contributed by atoms with van der Waals surface area (Å²) in [5.74, 6) is -1.82. The maximum Gasteiger partial charge on any atom is 0.322 e. The Kier molecular flexibility index (Phi) is 9.12. The summed E-state index contributed by atoms with van der Waals surface area (Å²) in [6, 6.07) is -2.45. The van der Waals surface area contributed by atoms with Gasteiger partial charge in [0.05, 0.1) is 12.4 Å². The van der Waals surface area contributed by atoms with Gasteiger partial charge in [0, 0.05) is 24.9 Å². The molecule has 3 unspecified atom stereocenters. The van der Waals surface area contributed by atoms with E-state index in [0.717, 1.165) is 0 Å². The number of imidazole rings is 1. The zero-order valence-corrected chi connectivity index (χ0v) is 17.6. The third-order valence-corrected chi connectivity index (χ3v) is 5.46. The molecule has 12 heteroatoms. The Morgan fingerprint density at radius 2 is 2.20 bits per heavy atom. The van der Waals surface area contributed by atoms with Crippen LogP contribution >= 0.6 is 11.8 Å². The molecule has 2 rings (SSSR count). The van der Waals surface area contributed by atoms with E-state index < -0.39 is 48.4 Å². The first-order valence-corrected chi connectivity index (χ1v) is 11.0. The Balaban J connectivity index is 2.11. The van der Waals surface area contributed by atoms with Gasteiger partial charge in [-0.25, -0.2) is 4.98 Å². The summed E-state index contributed by atoms with van der Waals surface area (Å²) in [4.78, 5) is 57.0. The number of carbonyl (C=O) groups excluding carboxylic acids is 3. The average molecular weight is 441 g/mol. The van der Waals surface area contributed by atoms with E-state index in [1.54, 1.807) is 18.0 Å². The van der Waals surface area contributed by atoms with Crippen LogP contribution in [0.4, 0.5) is 0 Å². The molecular formula is C18H28N6O5S. The van der Waals surface area contributed by atoms with Gasteiger partial charge in [0.2, 0.25) is 17.7 Å². The molecule has 0 spiro atoms. The first-order valence-electron chi connectivity index (χ1n) is 9.65. The predicted molar refractivity (Wildman–Crippen MR) is 111 cm³/mol. The molecule has 1 aliphatic rings. The minimum absolute atomic E-state index is 0.166. The molecule has 3 amide bonds. The number of carboxylic acids is 1. The van der Waals surface area contributed by atoms with Crippen LogP contribution in [0.1, 0.15) is 25.0 Å². The first kappa shape index (κ1) is 23.7. The molecule has 3 atom stereocenters. The van der Waals surface area contributed by atoms with Gasteiger partial charge < -0.3 is 31.4 Å². The van der Waals surface area contributed by atoms with Gasteiger partial charge in [-0.15, -0.1) is 0 Å². The molecule has 0 aliphatic carbocycles. The van der Waals surface area contributed by atoms with Crippen LogP contribution < -0.4 is 16.4 Å². The minimum atomic E-state index is -1.16. The number of aromatic amines is 1. The summed E-state index contributed by atoms with van der Waals surface area (Å²) in [5.41, 5.74) is 6.58. The number of likely N-dealkylation sites (tertiary alicyclic amines) is 1. The number of hydrogen-bond donors (Lipinski definition) is 5. The summed E-state index contributed by atoms with van der Waals surface area (Å²) in [6.07, 6.45) is 6.62. The molecule has 1 fully saturated rings. The molecule has 11 nitrogen and oxygen atoms in total. The monoisotopic (exact) mass is 440 g/mol. The highest BCUT2D eigenvalue weighted by Crippen LogP contribution is 2.19. The fourth-order valence-electron chi connectivity index (χ4n) is 3.25. The van der Waals surface area contributed by atoms with Crippen molar-refractivity contribution >= 4 is 35.5 Å². The lowest BCUT2D eigenvalue weighted by Gasteiger charge is -2.29. The molecular weight excluding hydrogens is 412 g/mol. The van der Waals surface area contributed by atoms with Gasteiger partial charge in [0.1, 0.15) is 18.6 Å². The van der Waals surface area contributed by atoms with E-state index in [2.05, 4.69) is 20.6 Å². The highest BCUT2D eigenvalue weighted by atomic mass is 32.2. The number of aliphatic carboxylic acids is 1. The maximum atomic E-state index is 13.2. The van der Waals surface area contributed by atoms with Crippen LogP contribution in [0.3, 0.4) is 0 Å². The summed E-state index contributed by atoms with van der Waals surface area (Å²) in [7, 11) is 0. The number of H-pyrrole nitrogens is 1.